The van der Waals surface area contributed by atoms with Crippen molar-refractivity contribution < 1.29 is 19.1 Å². The maximum Gasteiger partial charge on any atom is 0.259 e. The van der Waals surface area contributed by atoms with E-state index < -0.39 is 5.41 Å². The first kappa shape index (κ1) is 22.2. The third-order valence-electron chi connectivity index (χ3n) is 4.53. The Labute approximate surface area is 160 Å². The highest BCUT2D eigenvalue weighted by atomic mass is 35.5. The first-order valence-corrected chi connectivity index (χ1v) is 8.45. The Morgan fingerprint density at radius 1 is 1.31 bits per heavy atom. The Bertz CT molecular complexity index is 604. The lowest BCUT2D eigenvalue weighted by Gasteiger charge is -2.34. The molecule has 1 fully saturated rings. The Kier molecular flexibility index (Phi) is 8.84. The Hall–Kier alpha value is -1.83. The molecular formula is C18H28ClN3O4. The zero-order valence-electron chi connectivity index (χ0n) is 15.3. The summed E-state index contributed by atoms with van der Waals surface area (Å²) in [6.45, 7) is 1.82. The fourth-order valence-corrected chi connectivity index (χ4v) is 2.68. The van der Waals surface area contributed by atoms with Gasteiger partial charge in [0.05, 0.1) is 5.41 Å². The Morgan fingerprint density at radius 2 is 2.00 bits per heavy atom. The van der Waals surface area contributed by atoms with Crippen LogP contribution in [0, 0.1) is 5.41 Å². The lowest BCUT2D eigenvalue weighted by atomic mass is 9.79. The molecule has 1 aromatic rings. The van der Waals surface area contributed by atoms with Gasteiger partial charge in [-0.15, -0.1) is 12.4 Å². The van der Waals surface area contributed by atoms with Crippen molar-refractivity contribution in [3.05, 3.63) is 29.8 Å². The minimum Gasteiger partial charge on any atom is -0.484 e. The minimum atomic E-state index is -0.537. The van der Waals surface area contributed by atoms with Gasteiger partial charge in [-0.2, -0.15) is 0 Å². The van der Waals surface area contributed by atoms with Crippen molar-refractivity contribution in [3.8, 4) is 5.75 Å². The monoisotopic (exact) mass is 385 g/mol. The molecule has 0 saturated carbocycles. The maximum atomic E-state index is 12.6. The van der Waals surface area contributed by atoms with Gasteiger partial charge in [0, 0.05) is 40.4 Å². The first-order chi connectivity index (χ1) is 12.0. The molecule has 3 N–H and O–H groups in total. The molecule has 1 aliphatic rings. The van der Waals surface area contributed by atoms with E-state index in [1.807, 2.05) is 18.2 Å². The van der Waals surface area contributed by atoms with E-state index >= 15 is 0 Å². The zero-order chi connectivity index (χ0) is 18.3. The summed E-state index contributed by atoms with van der Waals surface area (Å²) >= 11 is 0. The van der Waals surface area contributed by atoms with Gasteiger partial charge in [0.2, 0.25) is 5.91 Å². The van der Waals surface area contributed by atoms with Crippen molar-refractivity contribution >= 4 is 24.2 Å². The molecule has 0 spiro atoms. The maximum absolute atomic E-state index is 12.6. The van der Waals surface area contributed by atoms with Crippen LogP contribution in [0.5, 0.6) is 5.75 Å². The third-order valence-corrected chi connectivity index (χ3v) is 4.53. The summed E-state index contributed by atoms with van der Waals surface area (Å²) in [5.41, 5.74) is 6.22. The lowest BCUT2D eigenvalue weighted by Crippen LogP contribution is -2.48. The average Bonchev–Trinajstić information content (AvgIpc) is 2.64. The molecule has 2 rings (SSSR count). The molecule has 8 heteroatoms. The van der Waals surface area contributed by atoms with Gasteiger partial charge in [-0.1, -0.05) is 12.1 Å². The van der Waals surface area contributed by atoms with Gasteiger partial charge < -0.3 is 25.4 Å². The largest absolute Gasteiger partial charge is 0.484 e. The van der Waals surface area contributed by atoms with Gasteiger partial charge in [-0.25, -0.2) is 0 Å². The van der Waals surface area contributed by atoms with Gasteiger partial charge in [0.25, 0.3) is 5.91 Å². The second-order valence-electron chi connectivity index (χ2n) is 6.50. The van der Waals surface area contributed by atoms with Crippen LogP contribution in [-0.2, 0) is 20.9 Å². The second-order valence-corrected chi connectivity index (χ2v) is 6.50. The van der Waals surface area contributed by atoms with Gasteiger partial charge in [0.15, 0.2) is 6.61 Å². The van der Waals surface area contributed by atoms with Gasteiger partial charge >= 0.3 is 0 Å². The predicted octanol–water partition coefficient (Wildman–Crippen LogP) is 0.947. The number of hydrogen-bond donors (Lipinski definition) is 2. The van der Waals surface area contributed by atoms with E-state index in [-0.39, 0.29) is 30.8 Å². The van der Waals surface area contributed by atoms with E-state index in [2.05, 4.69) is 5.32 Å². The summed E-state index contributed by atoms with van der Waals surface area (Å²) < 4.78 is 10.8. The number of amides is 2. The molecule has 0 aromatic heterocycles. The second kappa shape index (κ2) is 10.4. The molecule has 7 nitrogen and oxygen atoms in total. The van der Waals surface area contributed by atoms with Crippen LogP contribution in [0.3, 0.4) is 0 Å². The van der Waals surface area contributed by atoms with E-state index in [1.165, 1.54) is 4.90 Å². The molecule has 0 atom stereocenters. The topological polar surface area (TPSA) is 93.9 Å². The molecule has 1 heterocycles. The fourth-order valence-electron chi connectivity index (χ4n) is 2.68. The standard InChI is InChI=1S/C18H27N3O4.ClH/c1-21(2)16(22)12-25-15-5-3-4-14(10-15)11-20-17(23)18(13-19)6-8-24-9-7-18;/h3-5,10H,6-9,11-13,19H2,1-2H3,(H,20,23);1H. The number of nitrogens with two attached hydrogens (primary N) is 1. The summed E-state index contributed by atoms with van der Waals surface area (Å²) in [5, 5.41) is 2.97. The van der Waals surface area contributed by atoms with E-state index in [0.717, 1.165) is 5.56 Å². The molecule has 26 heavy (non-hydrogen) atoms. The van der Waals surface area contributed by atoms with Crippen LogP contribution >= 0.6 is 12.4 Å². The molecule has 0 aliphatic carbocycles. The van der Waals surface area contributed by atoms with Gasteiger partial charge in [-0.3, -0.25) is 9.59 Å². The highest BCUT2D eigenvalue weighted by Gasteiger charge is 2.38. The van der Waals surface area contributed by atoms with E-state index in [4.69, 9.17) is 15.2 Å². The highest BCUT2D eigenvalue weighted by molar-refractivity contribution is 5.85. The smallest absolute Gasteiger partial charge is 0.259 e. The number of halogens is 1. The van der Waals surface area contributed by atoms with E-state index in [1.54, 1.807) is 20.2 Å². The molecule has 0 unspecified atom stereocenters. The number of nitrogens with one attached hydrogen (secondary N) is 1. The van der Waals surface area contributed by atoms with Crippen molar-refractivity contribution in [1.29, 1.82) is 0 Å². The van der Waals surface area contributed by atoms with Crippen molar-refractivity contribution in [2.24, 2.45) is 11.1 Å². The van der Waals surface area contributed by atoms with Crippen molar-refractivity contribution in [3.63, 3.8) is 0 Å². The summed E-state index contributed by atoms with van der Waals surface area (Å²) in [5.74, 6) is 0.456. The number of benzene rings is 1. The summed E-state index contributed by atoms with van der Waals surface area (Å²) in [7, 11) is 3.36. The van der Waals surface area contributed by atoms with Crippen LogP contribution in [0.2, 0.25) is 0 Å². The van der Waals surface area contributed by atoms with Crippen molar-refractivity contribution in [2.75, 3.05) is 40.5 Å². The van der Waals surface area contributed by atoms with E-state index in [0.29, 0.717) is 44.9 Å². The van der Waals surface area contributed by atoms with Crippen LogP contribution in [-0.4, -0.2) is 57.2 Å². The van der Waals surface area contributed by atoms with Gasteiger partial charge in [0.1, 0.15) is 5.75 Å². The predicted molar refractivity (Wildman–Crippen MR) is 101 cm³/mol. The van der Waals surface area contributed by atoms with Crippen LogP contribution in [0.1, 0.15) is 18.4 Å². The lowest BCUT2D eigenvalue weighted by molar-refractivity contribution is -0.136. The quantitative estimate of drug-likeness (QED) is 0.728. The molecular weight excluding hydrogens is 358 g/mol. The molecule has 1 saturated heterocycles. The van der Waals surface area contributed by atoms with Crippen molar-refractivity contribution in [1.82, 2.24) is 10.2 Å². The van der Waals surface area contributed by atoms with Crippen molar-refractivity contribution in [2.45, 2.75) is 19.4 Å². The molecule has 1 aromatic carbocycles. The average molecular weight is 386 g/mol. The third kappa shape index (κ3) is 5.86. The molecule has 2 amide bonds. The number of carbonyl (C=O) groups is 2. The SMILES string of the molecule is CN(C)C(=O)COc1cccc(CNC(=O)C2(CN)CCOCC2)c1.Cl. The highest BCUT2D eigenvalue weighted by Crippen LogP contribution is 2.29. The zero-order valence-corrected chi connectivity index (χ0v) is 16.1. The van der Waals surface area contributed by atoms with Gasteiger partial charge in [-0.05, 0) is 30.5 Å². The van der Waals surface area contributed by atoms with Crippen LogP contribution in [0.15, 0.2) is 24.3 Å². The first-order valence-electron chi connectivity index (χ1n) is 8.45. The van der Waals surface area contributed by atoms with Crippen LogP contribution < -0.4 is 15.8 Å². The number of nitrogens with zero attached hydrogens (tertiary/aromatic N) is 1. The number of hydrogen-bond acceptors (Lipinski definition) is 5. The summed E-state index contributed by atoms with van der Waals surface area (Å²) in [6.07, 6.45) is 1.29. The normalized spacial score (nSPS) is 15.5. The summed E-state index contributed by atoms with van der Waals surface area (Å²) in [4.78, 5) is 25.6. The summed E-state index contributed by atoms with van der Waals surface area (Å²) in [6, 6.07) is 7.35. The molecule has 0 bridgehead atoms. The molecule has 0 radical (unpaired) electrons. The minimum absolute atomic E-state index is 0. The van der Waals surface area contributed by atoms with Crippen LogP contribution in [0.25, 0.3) is 0 Å². The number of rotatable bonds is 7. The fraction of sp³-hybridized carbons (Fsp3) is 0.556. The number of ether oxygens (including phenoxy) is 2. The van der Waals surface area contributed by atoms with Crippen LogP contribution in [0.4, 0.5) is 0 Å². The molecule has 146 valence electrons. The number of likely N-dealkylation sites (N-methyl/N-ethyl adjacent to an activating group) is 1. The number of carbonyl (C=O) groups excluding carboxylic acids is 2. The van der Waals surface area contributed by atoms with E-state index in [9.17, 15) is 9.59 Å². The Balaban J connectivity index is 0.00000338. The Morgan fingerprint density at radius 3 is 2.62 bits per heavy atom. The molecule has 1 aliphatic heterocycles.